The van der Waals surface area contributed by atoms with Crippen molar-refractivity contribution in [2.75, 3.05) is 26.3 Å². The third kappa shape index (κ3) is 4.48. The molecule has 2 saturated heterocycles. The van der Waals surface area contributed by atoms with Gasteiger partial charge in [-0.15, -0.1) is 0 Å². The van der Waals surface area contributed by atoms with Gasteiger partial charge < -0.3 is 28.8 Å². The number of amides is 2. The molecule has 3 rings (SSSR count). The fourth-order valence-corrected chi connectivity index (χ4v) is 6.57. The summed E-state index contributed by atoms with van der Waals surface area (Å²) >= 11 is 0. The molecule has 0 bridgehead atoms. The average molecular weight is 481 g/mol. The summed E-state index contributed by atoms with van der Waals surface area (Å²) in [6.45, 7) is 16.7. The fourth-order valence-electron chi connectivity index (χ4n) is 5.09. The van der Waals surface area contributed by atoms with Crippen LogP contribution in [0.15, 0.2) is 23.9 Å². The van der Waals surface area contributed by atoms with E-state index >= 15 is 0 Å². The quantitative estimate of drug-likeness (QED) is 0.339. The van der Waals surface area contributed by atoms with Crippen LogP contribution in [0.1, 0.15) is 34.1 Å². The summed E-state index contributed by atoms with van der Waals surface area (Å²) in [5.74, 6) is -1.83. The molecule has 2 fully saturated rings. The Labute approximate surface area is 197 Å². The summed E-state index contributed by atoms with van der Waals surface area (Å²) in [6, 6.07) is -0.303. The van der Waals surface area contributed by atoms with E-state index in [2.05, 4.69) is 40.4 Å². The van der Waals surface area contributed by atoms with E-state index in [4.69, 9.17) is 13.9 Å². The number of β-lactam (4-membered cyclic amide) rings is 1. The predicted octanol–water partition coefficient (Wildman–Crippen LogP) is 2.38. The van der Waals surface area contributed by atoms with Crippen LogP contribution in [0.4, 0.5) is 4.79 Å². The molecule has 0 spiro atoms. The minimum Gasteiger partial charge on any atom is -0.477 e. The molecule has 184 valence electrons. The second kappa shape index (κ2) is 9.23. The first kappa shape index (κ1) is 25.4. The van der Waals surface area contributed by atoms with Gasteiger partial charge in [0.2, 0.25) is 5.91 Å². The SMILES string of the molecule is C=CCOC(=O)N1CCOC(C2=C(C(=O)O)N3C(=O)[C@H]([C@@](C)(O[SiH](C)C)C(C)(C)C)[C@H]3C2)C1. The van der Waals surface area contributed by atoms with Crippen LogP contribution < -0.4 is 0 Å². The largest absolute Gasteiger partial charge is 0.477 e. The highest BCUT2D eigenvalue weighted by Gasteiger charge is 2.65. The molecule has 3 heterocycles. The molecule has 33 heavy (non-hydrogen) atoms. The number of nitrogens with zero attached hydrogens (tertiary/aromatic N) is 2. The third-order valence-electron chi connectivity index (χ3n) is 7.00. The lowest BCUT2D eigenvalue weighted by atomic mass is 9.63. The van der Waals surface area contributed by atoms with Gasteiger partial charge in [0.1, 0.15) is 12.3 Å². The molecule has 9 nitrogen and oxygen atoms in total. The lowest BCUT2D eigenvalue weighted by molar-refractivity contribution is -0.180. The van der Waals surface area contributed by atoms with Crippen LogP contribution in [-0.4, -0.2) is 86.0 Å². The van der Waals surface area contributed by atoms with E-state index in [-0.39, 0.29) is 42.8 Å². The van der Waals surface area contributed by atoms with Crippen LogP contribution in [0.3, 0.4) is 0 Å². The van der Waals surface area contributed by atoms with Gasteiger partial charge in [0.25, 0.3) is 0 Å². The maximum atomic E-state index is 13.4. The normalized spacial score (nSPS) is 27.2. The van der Waals surface area contributed by atoms with E-state index in [0.717, 1.165) is 0 Å². The molecular formula is C23H36N2O7Si. The van der Waals surface area contributed by atoms with Gasteiger partial charge in [-0.05, 0) is 37.4 Å². The van der Waals surface area contributed by atoms with Crippen LogP contribution in [0.5, 0.6) is 0 Å². The maximum absolute atomic E-state index is 13.4. The molecule has 0 aliphatic carbocycles. The Kier molecular flexibility index (Phi) is 7.12. The molecule has 0 aromatic carbocycles. The van der Waals surface area contributed by atoms with Crippen LogP contribution in [0.25, 0.3) is 0 Å². The van der Waals surface area contributed by atoms with E-state index in [1.165, 1.54) is 15.9 Å². The molecule has 0 saturated carbocycles. The van der Waals surface area contributed by atoms with Crippen LogP contribution in [0, 0.1) is 11.3 Å². The Morgan fingerprint density at radius 3 is 2.52 bits per heavy atom. The summed E-state index contributed by atoms with van der Waals surface area (Å²) < 4.78 is 17.5. The molecule has 1 N–H and O–H groups in total. The lowest BCUT2D eigenvalue weighted by Crippen LogP contribution is -2.70. The van der Waals surface area contributed by atoms with Crippen molar-refractivity contribution >= 4 is 27.0 Å². The molecule has 0 aromatic rings. The minimum atomic E-state index is -1.50. The number of fused-ring (bicyclic) bond motifs is 1. The summed E-state index contributed by atoms with van der Waals surface area (Å²) in [5, 5.41) is 9.99. The first-order chi connectivity index (χ1) is 15.3. The number of aliphatic carboxylic acids is 1. The summed E-state index contributed by atoms with van der Waals surface area (Å²) in [7, 11) is -1.50. The van der Waals surface area contributed by atoms with Gasteiger partial charge in [0, 0.05) is 6.54 Å². The van der Waals surface area contributed by atoms with Crippen LogP contribution in [-0.2, 0) is 23.5 Å². The van der Waals surface area contributed by atoms with Gasteiger partial charge in [0.05, 0.1) is 36.8 Å². The van der Waals surface area contributed by atoms with Crippen molar-refractivity contribution in [3.8, 4) is 0 Å². The molecule has 4 atom stereocenters. The molecule has 1 unspecified atom stereocenters. The first-order valence-electron chi connectivity index (χ1n) is 11.4. The maximum Gasteiger partial charge on any atom is 0.410 e. The summed E-state index contributed by atoms with van der Waals surface area (Å²) in [4.78, 5) is 40.8. The number of hydrogen-bond donors (Lipinski definition) is 1. The van der Waals surface area contributed by atoms with Crippen molar-refractivity contribution in [3.63, 3.8) is 0 Å². The molecule has 2 amide bonds. The van der Waals surface area contributed by atoms with Crippen LogP contribution in [0.2, 0.25) is 13.1 Å². The van der Waals surface area contributed by atoms with Crippen LogP contribution >= 0.6 is 0 Å². The van der Waals surface area contributed by atoms with Crippen molar-refractivity contribution in [2.45, 2.75) is 65.0 Å². The number of carboxylic acids is 1. The van der Waals surface area contributed by atoms with Gasteiger partial charge >= 0.3 is 12.1 Å². The van der Waals surface area contributed by atoms with E-state index in [9.17, 15) is 19.5 Å². The topological polar surface area (TPSA) is 106 Å². The van der Waals surface area contributed by atoms with E-state index in [0.29, 0.717) is 18.5 Å². The van der Waals surface area contributed by atoms with Crippen molar-refractivity contribution in [1.82, 2.24) is 9.80 Å². The number of rotatable bonds is 7. The Bertz CT molecular complexity index is 865. The number of ether oxygens (including phenoxy) is 2. The fraction of sp³-hybridized carbons (Fsp3) is 0.696. The zero-order chi connectivity index (χ0) is 24.7. The van der Waals surface area contributed by atoms with Gasteiger partial charge in [0.15, 0.2) is 9.04 Å². The van der Waals surface area contributed by atoms with Crippen molar-refractivity contribution in [3.05, 3.63) is 23.9 Å². The summed E-state index contributed by atoms with van der Waals surface area (Å²) in [5.41, 5.74) is -0.526. The van der Waals surface area contributed by atoms with E-state index < -0.39 is 38.7 Å². The Morgan fingerprint density at radius 1 is 1.30 bits per heavy atom. The molecule has 3 aliphatic rings. The van der Waals surface area contributed by atoms with Gasteiger partial charge in [-0.1, -0.05) is 33.4 Å². The smallest absolute Gasteiger partial charge is 0.410 e. The molecule has 0 radical (unpaired) electrons. The summed E-state index contributed by atoms with van der Waals surface area (Å²) in [6.07, 6.45) is 0.767. The Morgan fingerprint density at radius 2 is 1.97 bits per heavy atom. The number of hydrogen-bond acceptors (Lipinski definition) is 6. The minimum absolute atomic E-state index is 0.0226. The van der Waals surface area contributed by atoms with Gasteiger partial charge in [-0.25, -0.2) is 9.59 Å². The highest BCUT2D eigenvalue weighted by Crippen LogP contribution is 2.53. The predicted molar refractivity (Wildman–Crippen MR) is 124 cm³/mol. The third-order valence-corrected chi connectivity index (χ3v) is 7.96. The number of carboxylic acid groups (broad SMARTS) is 1. The average Bonchev–Trinajstić information content (AvgIpc) is 3.06. The highest BCUT2D eigenvalue weighted by molar-refractivity contribution is 6.48. The van der Waals surface area contributed by atoms with Crippen molar-refractivity contribution in [2.24, 2.45) is 11.3 Å². The number of carbonyl (C=O) groups excluding carboxylic acids is 2. The number of carbonyl (C=O) groups is 3. The van der Waals surface area contributed by atoms with Crippen molar-refractivity contribution < 1.29 is 33.4 Å². The van der Waals surface area contributed by atoms with Gasteiger partial charge in [-0.3, -0.25) is 4.79 Å². The lowest BCUT2D eigenvalue weighted by Gasteiger charge is -2.57. The standard InChI is InChI=1S/C23H36N2O7Si/c1-8-10-31-21(29)24-9-11-30-16(13-24)14-12-15-17(19(26)25(15)18(14)20(27)28)23(5,22(2,3)4)32-33(6)7/h8,15-17,33H,1,9-13H2,2-7H3,(H,27,28)/t15-,16?,17-,23-/m1/s1. The molecule has 10 heteroatoms. The Hall–Kier alpha value is -2.17. The zero-order valence-electron chi connectivity index (χ0n) is 20.4. The van der Waals surface area contributed by atoms with E-state index in [1.807, 2.05) is 6.92 Å². The molecule has 0 aromatic heterocycles. The van der Waals surface area contributed by atoms with E-state index in [1.54, 1.807) is 0 Å². The zero-order valence-corrected chi connectivity index (χ0v) is 21.6. The number of morpholine rings is 1. The van der Waals surface area contributed by atoms with Crippen molar-refractivity contribution in [1.29, 1.82) is 0 Å². The molecular weight excluding hydrogens is 444 g/mol. The molecule has 3 aliphatic heterocycles. The highest BCUT2D eigenvalue weighted by atomic mass is 28.3. The Balaban J connectivity index is 1.88. The second-order valence-corrected chi connectivity index (χ2v) is 12.7. The van der Waals surface area contributed by atoms with Gasteiger partial charge in [-0.2, -0.15) is 0 Å². The second-order valence-electron chi connectivity index (χ2n) is 10.3. The first-order valence-corrected chi connectivity index (χ1v) is 14.2. The monoisotopic (exact) mass is 480 g/mol.